The predicted molar refractivity (Wildman–Crippen MR) is 118 cm³/mol. The molecule has 0 saturated carbocycles. The molecular weight excluding hydrogens is 471 g/mol. The van der Waals surface area contributed by atoms with E-state index in [1.165, 1.54) is 0 Å². The van der Waals surface area contributed by atoms with Gasteiger partial charge in [0.15, 0.2) is 11.5 Å². The molecule has 1 atom stereocenters. The molecule has 0 bridgehead atoms. The molecule has 1 aliphatic rings. The Morgan fingerprint density at radius 1 is 1.29 bits per heavy atom. The second-order valence-electron chi connectivity index (χ2n) is 7.96. The zero-order chi connectivity index (χ0) is 24.5. The van der Waals surface area contributed by atoms with Crippen molar-refractivity contribution in [1.29, 1.82) is 0 Å². The molecular formula is C21H22F3N7O2S. The van der Waals surface area contributed by atoms with Gasteiger partial charge in [-0.1, -0.05) is 12.1 Å². The van der Waals surface area contributed by atoms with Crippen LogP contribution in [0.25, 0.3) is 0 Å². The van der Waals surface area contributed by atoms with Crippen molar-refractivity contribution in [2.24, 2.45) is 5.73 Å². The molecule has 2 aromatic heterocycles. The number of benzene rings is 1. The Morgan fingerprint density at radius 3 is 2.62 bits per heavy atom. The quantitative estimate of drug-likeness (QED) is 0.498. The number of rotatable bonds is 8. The number of nitrogens with one attached hydrogen (secondary N) is 1. The molecule has 9 nitrogen and oxygen atoms in total. The molecule has 3 N–H and O–H groups in total. The van der Waals surface area contributed by atoms with Crippen molar-refractivity contribution in [2.45, 2.75) is 44.6 Å². The molecule has 1 unspecified atom stereocenters. The number of aryl methyl sites for hydroxylation is 1. The van der Waals surface area contributed by atoms with E-state index in [0.29, 0.717) is 48.3 Å². The van der Waals surface area contributed by atoms with Gasteiger partial charge < -0.3 is 16.0 Å². The van der Waals surface area contributed by atoms with Crippen LogP contribution in [0.3, 0.4) is 0 Å². The van der Waals surface area contributed by atoms with Gasteiger partial charge in [0.2, 0.25) is 17.8 Å². The number of thiazole rings is 1. The molecule has 0 aliphatic carbocycles. The maximum Gasteiger partial charge on any atom is 0.434 e. The molecule has 1 fully saturated rings. The Bertz CT molecular complexity index is 1190. The summed E-state index contributed by atoms with van der Waals surface area (Å²) in [4.78, 5) is 28.6. The van der Waals surface area contributed by atoms with Gasteiger partial charge in [-0.05, 0) is 24.1 Å². The number of aromatic nitrogens is 4. The van der Waals surface area contributed by atoms with Crippen LogP contribution in [0, 0.1) is 0 Å². The van der Waals surface area contributed by atoms with Gasteiger partial charge in [0, 0.05) is 43.9 Å². The summed E-state index contributed by atoms with van der Waals surface area (Å²) >= 11 is 0.951. The normalized spacial score (nSPS) is 16.0. The van der Waals surface area contributed by atoms with E-state index in [2.05, 4.69) is 20.5 Å². The monoisotopic (exact) mass is 493 g/mol. The lowest BCUT2D eigenvalue weighted by Gasteiger charge is -2.21. The molecule has 3 aromatic rings. The molecule has 0 spiro atoms. The Morgan fingerprint density at radius 2 is 2.03 bits per heavy atom. The van der Waals surface area contributed by atoms with Crippen molar-refractivity contribution >= 4 is 29.1 Å². The first-order valence-electron chi connectivity index (χ1n) is 10.5. The number of anilines is 1. The zero-order valence-electron chi connectivity index (χ0n) is 18.2. The van der Waals surface area contributed by atoms with E-state index in [1.807, 2.05) is 16.5 Å². The Kier molecular flexibility index (Phi) is 6.55. The number of primary amides is 1. The summed E-state index contributed by atoms with van der Waals surface area (Å²) in [6.07, 6.45) is -3.30. The molecule has 0 radical (unpaired) electrons. The Balaban J connectivity index is 1.56. The molecule has 34 heavy (non-hydrogen) atoms. The molecule has 2 amide bonds. The number of alkyl halides is 3. The number of hydrogen-bond acceptors (Lipinski definition) is 7. The summed E-state index contributed by atoms with van der Waals surface area (Å²) in [5.41, 5.74) is 5.68. The second-order valence-corrected chi connectivity index (χ2v) is 8.90. The van der Waals surface area contributed by atoms with Gasteiger partial charge in [-0.2, -0.15) is 13.2 Å². The fraction of sp³-hybridized carbons (Fsp3) is 0.381. The summed E-state index contributed by atoms with van der Waals surface area (Å²) in [7, 11) is 1.81. The highest BCUT2D eigenvalue weighted by Gasteiger charge is 2.34. The van der Waals surface area contributed by atoms with Crippen molar-refractivity contribution < 1.29 is 22.8 Å². The number of carbonyl (C=O) groups excluding carboxylic acids is 2. The highest BCUT2D eigenvalue weighted by atomic mass is 32.1. The van der Waals surface area contributed by atoms with Crippen LogP contribution >= 0.6 is 11.3 Å². The topological polar surface area (TPSA) is 119 Å². The number of nitrogens with zero attached hydrogens (tertiary/aromatic N) is 5. The molecule has 3 heterocycles. The minimum absolute atomic E-state index is 0.0845. The number of carbonyl (C=O) groups is 2. The van der Waals surface area contributed by atoms with Gasteiger partial charge in [-0.15, -0.1) is 21.5 Å². The number of halogens is 3. The third-order valence-corrected chi connectivity index (χ3v) is 6.37. The molecule has 180 valence electrons. The molecule has 4 rings (SSSR count). The summed E-state index contributed by atoms with van der Waals surface area (Å²) < 4.78 is 40.5. The van der Waals surface area contributed by atoms with E-state index < -0.39 is 17.8 Å². The van der Waals surface area contributed by atoms with Gasteiger partial charge in [0.05, 0.1) is 11.0 Å². The highest BCUT2D eigenvalue weighted by Crippen LogP contribution is 2.31. The second kappa shape index (κ2) is 9.41. The van der Waals surface area contributed by atoms with E-state index in [-0.39, 0.29) is 18.4 Å². The molecule has 1 aliphatic heterocycles. The maximum atomic E-state index is 12.9. The van der Waals surface area contributed by atoms with Crippen LogP contribution in [0.2, 0.25) is 0 Å². The van der Waals surface area contributed by atoms with Gasteiger partial charge in [-0.25, -0.2) is 4.98 Å². The minimum Gasteiger partial charge on any atom is -0.366 e. The Labute approximate surface area is 196 Å². The zero-order valence-corrected chi connectivity index (χ0v) is 19.0. The lowest BCUT2D eigenvalue weighted by Crippen LogP contribution is -2.25. The lowest BCUT2D eigenvalue weighted by atomic mass is 10.1. The van der Waals surface area contributed by atoms with Gasteiger partial charge in [0.25, 0.3) is 0 Å². The number of amides is 2. The standard InChI is InChI=1S/C21H22F3N7O2S/c1-30(10-12-2-4-13(5-3-12)18(25)33)20-29-28-19(14-6-7-16(32)26-14)31(20)9-8-17-27-15(11-34-17)21(22,23)24/h2-5,11,14H,6-10H2,1H3,(H2,25,33)(H,26,32). The third kappa shape index (κ3) is 5.19. The number of hydrogen-bond donors (Lipinski definition) is 2. The SMILES string of the molecule is CN(Cc1ccc(C(N)=O)cc1)c1nnc(C2CCC(=O)N2)n1CCc1nc(C(F)(F)F)cs1. The van der Waals surface area contributed by atoms with E-state index >= 15 is 0 Å². The van der Waals surface area contributed by atoms with E-state index in [1.54, 1.807) is 24.3 Å². The van der Waals surface area contributed by atoms with Crippen LogP contribution in [-0.2, 0) is 30.5 Å². The van der Waals surface area contributed by atoms with Crippen molar-refractivity contribution in [2.75, 3.05) is 11.9 Å². The first kappa shape index (κ1) is 23.7. The van der Waals surface area contributed by atoms with Crippen LogP contribution < -0.4 is 16.0 Å². The van der Waals surface area contributed by atoms with Crippen molar-refractivity contribution in [3.8, 4) is 0 Å². The average Bonchev–Trinajstić information content (AvgIpc) is 3.51. The van der Waals surface area contributed by atoms with Crippen LogP contribution in [-0.4, -0.2) is 38.6 Å². The highest BCUT2D eigenvalue weighted by molar-refractivity contribution is 7.09. The van der Waals surface area contributed by atoms with Crippen LogP contribution in [0.15, 0.2) is 29.6 Å². The smallest absolute Gasteiger partial charge is 0.366 e. The van der Waals surface area contributed by atoms with E-state index in [9.17, 15) is 22.8 Å². The van der Waals surface area contributed by atoms with Crippen LogP contribution in [0.5, 0.6) is 0 Å². The van der Waals surface area contributed by atoms with Gasteiger partial charge in [0.1, 0.15) is 0 Å². The summed E-state index contributed by atoms with van der Waals surface area (Å²) in [5, 5.41) is 12.8. The van der Waals surface area contributed by atoms with Crippen LogP contribution in [0.1, 0.15) is 51.3 Å². The average molecular weight is 494 g/mol. The van der Waals surface area contributed by atoms with Crippen molar-refractivity contribution in [1.82, 2.24) is 25.1 Å². The minimum atomic E-state index is -4.49. The summed E-state index contributed by atoms with van der Waals surface area (Å²) in [6, 6.07) is 6.51. The van der Waals surface area contributed by atoms with Crippen molar-refractivity contribution in [3.05, 3.63) is 57.3 Å². The lowest BCUT2D eigenvalue weighted by molar-refractivity contribution is -0.140. The predicted octanol–water partition coefficient (Wildman–Crippen LogP) is 2.68. The van der Waals surface area contributed by atoms with Crippen molar-refractivity contribution in [3.63, 3.8) is 0 Å². The summed E-state index contributed by atoms with van der Waals surface area (Å²) in [6.45, 7) is 0.726. The fourth-order valence-corrected chi connectivity index (χ4v) is 4.55. The molecule has 1 aromatic carbocycles. The number of nitrogens with two attached hydrogens (primary N) is 1. The first-order chi connectivity index (χ1) is 16.1. The van der Waals surface area contributed by atoms with E-state index in [4.69, 9.17) is 5.73 Å². The summed E-state index contributed by atoms with van der Waals surface area (Å²) in [5.74, 6) is 0.449. The van der Waals surface area contributed by atoms with Gasteiger partial charge >= 0.3 is 6.18 Å². The van der Waals surface area contributed by atoms with E-state index in [0.717, 1.165) is 22.3 Å². The Hall–Kier alpha value is -3.48. The largest absolute Gasteiger partial charge is 0.434 e. The van der Waals surface area contributed by atoms with Crippen LogP contribution in [0.4, 0.5) is 19.1 Å². The molecule has 13 heteroatoms. The van der Waals surface area contributed by atoms with Gasteiger partial charge in [-0.3, -0.25) is 14.2 Å². The first-order valence-corrected chi connectivity index (χ1v) is 11.3. The maximum absolute atomic E-state index is 12.9. The third-order valence-electron chi connectivity index (χ3n) is 5.46. The fourth-order valence-electron chi connectivity index (χ4n) is 3.75. The molecule has 1 saturated heterocycles.